The van der Waals surface area contributed by atoms with E-state index in [0.717, 1.165) is 12.8 Å². The maximum Gasteiger partial charge on any atom is 0.285 e. The van der Waals surface area contributed by atoms with Crippen molar-refractivity contribution in [3.05, 3.63) is 0 Å². The van der Waals surface area contributed by atoms with E-state index >= 15 is 0 Å². The van der Waals surface area contributed by atoms with E-state index in [0.29, 0.717) is 37.4 Å². The summed E-state index contributed by atoms with van der Waals surface area (Å²) in [5.74, 6) is -0.603. The van der Waals surface area contributed by atoms with Gasteiger partial charge in [-0.2, -0.15) is 0 Å². The lowest BCUT2D eigenvalue weighted by atomic mass is 9.68. The second kappa shape index (κ2) is 13.4. The Morgan fingerprint density at radius 2 is 1.47 bits per heavy atom. The van der Waals surface area contributed by atoms with Crippen LogP contribution in [0, 0.1) is 11.3 Å². The van der Waals surface area contributed by atoms with Crippen LogP contribution in [0.5, 0.6) is 0 Å². The molecule has 1 heterocycles. The number of fused-ring (bicyclic) bond motifs is 1. The molecule has 2 aliphatic rings. The highest BCUT2D eigenvalue weighted by molar-refractivity contribution is 4.98. The molecule has 1 aliphatic heterocycles. The Labute approximate surface area is 186 Å². The Morgan fingerprint density at radius 1 is 0.833 bits per heavy atom. The molecule has 2 rings (SSSR count). The molecule has 0 N–H and O–H groups in total. The predicted molar refractivity (Wildman–Crippen MR) is 124 cm³/mol. The number of unbranched alkanes of at least 4 members (excludes halogenated alkanes) is 5. The van der Waals surface area contributed by atoms with Crippen LogP contribution < -0.4 is 0 Å². The Hall–Kier alpha value is -0.160. The van der Waals surface area contributed by atoms with E-state index in [1.165, 1.54) is 70.6 Å². The molecule has 0 bridgehead atoms. The molecule has 0 aromatic carbocycles. The smallest absolute Gasteiger partial charge is 0.285 e. The van der Waals surface area contributed by atoms with E-state index in [-0.39, 0.29) is 5.92 Å². The Morgan fingerprint density at radius 3 is 2.03 bits per heavy atom. The van der Waals surface area contributed by atoms with Gasteiger partial charge in [0.05, 0.1) is 12.2 Å². The fourth-order valence-electron chi connectivity index (χ4n) is 5.55. The van der Waals surface area contributed by atoms with Crippen LogP contribution in [0.25, 0.3) is 0 Å². The van der Waals surface area contributed by atoms with Gasteiger partial charge in [0.1, 0.15) is 0 Å². The van der Waals surface area contributed by atoms with Crippen LogP contribution in [0.15, 0.2) is 0 Å². The topological polar surface area (TPSA) is 40.2 Å². The van der Waals surface area contributed by atoms with Gasteiger partial charge in [-0.25, -0.2) is 0 Å². The van der Waals surface area contributed by atoms with Crippen molar-refractivity contribution in [2.24, 2.45) is 11.3 Å². The number of epoxide rings is 1. The number of hydrogen-bond donors (Lipinski definition) is 0. The zero-order valence-electron chi connectivity index (χ0n) is 20.7. The highest BCUT2D eigenvalue weighted by Gasteiger charge is 2.50. The third-order valence-corrected chi connectivity index (χ3v) is 7.50. The maximum atomic E-state index is 6.23. The Balaban J connectivity index is 2.03. The molecule has 4 heteroatoms. The van der Waals surface area contributed by atoms with Crippen molar-refractivity contribution >= 4 is 0 Å². The van der Waals surface area contributed by atoms with Crippen molar-refractivity contribution < 1.29 is 18.9 Å². The monoisotopic (exact) mass is 426 g/mol. The minimum Gasteiger partial charge on any atom is -0.370 e. The summed E-state index contributed by atoms with van der Waals surface area (Å²) >= 11 is 0. The lowest BCUT2D eigenvalue weighted by Crippen LogP contribution is -2.47. The molecule has 30 heavy (non-hydrogen) atoms. The fraction of sp³-hybridized carbons (Fsp3) is 1.00. The first-order valence-electron chi connectivity index (χ1n) is 13.2. The SMILES string of the molecule is CCCCCCCCC(CCC1(CC)CCC2OC2C1)C(OCC)(OCC)OCC. The van der Waals surface area contributed by atoms with Gasteiger partial charge in [-0.1, -0.05) is 58.8 Å². The Kier molecular flexibility index (Phi) is 11.7. The van der Waals surface area contributed by atoms with E-state index in [1.54, 1.807) is 0 Å². The number of ether oxygens (including phenoxy) is 4. The normalized spacial score (nSPS) is 27.1. The van der Waals surface area contributed by atoms with E-state index in [1.807, 2.05) is 20.8 Å². The molecule has 0 spiro atoms. The molecule has 0 aromatic rings. The molecule has 1 saturated heterocycles. The lowest BCUT2D eigenvalue weighted by molar-refractivity contribution is -0.403. The summed E-state index contributed by atoms with van der Waals surface area (Å²) in [4.78, 5) is 0. The van der Waals surface area contributed by atoms with Gasteiger partial charge in [-0.3, -0.25) is 0 Å². The first kappa shape index (κ1) is 26.1. The van der Waals surface area contributed by atoms with E-state index in [2.05, 4.69) is 13.8 Å². The van der Waals surface area contributed by atoms with Crippen molar-refractivity contribution in [2.45, 2.75) is 136 Å². The third kappa shape index (κ3) is 7.46. The molecule has 1 aliphatic carbocycles. The molecule has 4 atom stereocenters. The molecule has 0 radical (unpaired) electrons. The summed E-state index contributed by atoms with van der Waals surface area (Å²) in [5, 5.41) is 0. The standard InChI is InChI=1S/C26H50O4/c1-6-11-12-13-14-15-16-22(26(27-8-3,28-9-4)29-10-5)17-19-25(7-2)20-18-23-24(21-25)30-23/h22-24H,6-21H2,1-5H3. The van der Waals surface area contributed by atoms with E-state index in [4.69, 9.17) is 18.9 Å². The summed E-state index contributed by atoms with van der Waals surface area (Å²) < 4.78 is 24.6. The van der Waals surface area contributed by atoms with E-state index in [9.17, 15) is 0 Å². The Bertz CT molecular complexity index is 437. The van der Waals surface area contributed by atoms with E-state index < -0.39 is 5.97 Å². The average molecular weight is 427 g/mol. The van der Waals surface area contributed by atoms with Gasteiger partial charge in [0.2, 0.25) is 0 Å². The summed E-state index contributed by atoms with van der Waals surface area (Å²) in [6.45, 7) is 12.6. The molecule has 178 valence electrons. The second-order valence-corrected chi connectivity index (χ2v) is 9.50. The zero-order valence-corrected chi connectivity index (χ0v) is 20.7. The first-order chi connectivity index (χ1) is 14.6. The van der Waals surface area contributed by atoms with Crippen molar-refractivity contribution in [3.63, 3.8) is 0 Å². The lowest BCUT2D eigenvalue weighted by Gasteiger charge is -2.42. The molecule has 4 nitrogen and oxygen atoms in total. The minimum atomic E-state index is -0.885. The minimum absolute atomic E-state index is 0.282. The van der Waals surface area contributed by atoms with Crippen LogP contribution in [0.1, 0.15) is 118 Å². The number of hydrogen-bond acceptors (Lipinski definition) is 4. The average Bonchev–Trinajstić information content (AvgIpc) is 3.51. The van der Waals surface area contributed by atoms with Crippen molar-refractivity contribution in [2.75, 3.05) is 19.8 Å². The largest absolute Gasteiger partial charge is 0.370 e. The molecular weight excluding hydrogens is 376 g/mol. The quantitative estimate of drug-likeness (QED) is 0.131. The van der Waals surface area contributed by atoms with Gasteiger partial charge < -0.3 is 18.9 Å². The van der Waals surface area contributed by atoms with Crippen molar-refractivity contribution in [3.8, 4) is 0 Å². The van der Waals surface area contributed by atoms with Crippen molar-refractivity contribution in [1.82, 2.24) is 0 Å². The molecule has 0 amide bonds. The van der Waals surface area contributed by atoms with Crippen LogP contribution >= 0.6 is 0 Å². The summed E-state index contributed by atoms with van der Waals surface area (Å²) in [6, 6.07) is 0. The van der Waals surface area contributed by atoms with Gasteiger partial charge in [0.25, 0.3) is 5.97 Å². The molecule has 2 fully saturated rings. The summed E-state index contributed by atoms with van der Waals surface area (Å²) in [5.41, 5.74) is 0.424. The first-order valence-corrected chi connectivity index (χ1v) is 13.2. The highest BCUT2D eigenvalue weighted by Crippen LogP contribution is 2.51. The van der Waals surface area contributed by atoms with Gasteiger partial charge in [-0.05, 0) is 64.7 Å². The van der Waals surface area contributed by atoms with Crippen LogP contribution in [-0.4, -0.2) is 38.0 Å². The third-order valence-electron chi connectivity index (χ3n) is 7.50. The zero-order chi connectivity index (χ0) is 21.9. The van der Waals surface area contributed by atoms with Crippen LogP contribution in [-0.2, 0) is 18.9 Å². The summed E-state index contributed by atoms with van der Waals surface area (Å²) in [7, 11) is 0. The number of rotatable bonds is 18. The molecule has 1 saturated carbocycles. The molecule has 0 aromatic heterocycles. The fourth-order valence-corrected chi connectivity index (χ4v) is 5.55. The van der Waals surface area contributed by atoms with Crippen LogP contribution in [0.2, 0.25) is 0 Å². The predicted octanol–water partition coefficient (Wildman–Crippen LogP) is 7.24. The van der Waals surface area contributed by atoms with Gasteiger partial charge >= 0.3 is 0 Å². The van der Waals surface area contributed by atoms with Crippen LogP contribution in [0.4, 0.5) is 0 Å². The van der Waals surface area contributed by atoms with Gasteiger partial charge in [0, 0.05) is 25.7 Å². The van der Waals surface area contributed by atoms with Gasteiger partial charge in [0.15, 0.2) is 0 Å². The summed E-state index contributed by atoms with van der Waals surface area (Å²) in [6.07, 6.45) is 17.5. The molecule has 4 unspecified atom stereocenters. The highest BCUT2D eigenvalue weighted by atomic mass is 16.9. The second-order valence-electron chi connectivity index (χ2n) is 9.50. The van der Waals surface area contributed by atoms with Crippen molar-refractivity contribution in [1.29, 1.82) is 0 Å². The van der Waals surface area contributed by atoms with Gasteiger partial charge in [-0.15, -0.1) is 0 Å². The van der Waals surface area contributed by atoms with Crippen LogP contribution in [0.3, 0.4) is 0 Å². The molecular formula is C26H50O4. The maximum absolute atomic E-state index is 6.23.